The van der Waals surface area contributed by atoms with Crippen LogP contribution < -0.4 is 10.0 Å². The highest BCUT2D eigenvalue weighted by atomic mass is 35.5. The normalized spacial score (nSPS) is 12.5. The number of halogens is 2. The van der Waals surface area contributed by atoms with Crippen LogP contribution in [0.3, 0.4) is 0 Å². The molecule has 0 saturated heterocycles. The first kappa shape index (κ1) is 19.5. The number of amides is 1. The lowest BCUT2D eigenvalue weighted by Crippen LogP contribution is -2.34. The molecule has 0 radical (unpaired) electrons. The average Bonchev–Trinajstić information content (AvgIpc) is 2.57. The van der Waals surface area contributed by atoms with Gasteiger partial charge in [-0.15, -0.1) is 0 Å². The zero-order chi connectivity index (χ0) is 18.6. The first-order chi connectivity index (χ1) is 11.7. The van der Waals surface area contributed by atoms with E-state index >= 15 is 0 Å². The molecule has 0 fully saturated rings. The van der Waals surface area contributed by atoms with Gasteiger partial charge in [-0.1, -0.05) is 23.2 Å². The van der Waals surface area contributed by atoms with E-state index in [-0.39, 0.29) is 39.2 Å². The summed E-state index contributed by atoms with van der Waals surface area (Å²) in [5.41, 5.74) is 0.604. The molecule has 2 aromatic rings. The van der Waals surface area contributed by atoms with Gasteiger partial charge in [0.2, 0.25) is 0 Å². The van der Waals surface area contributed by atoms with E-state index in [0.29, 0.717) is 5.56 Å². The predicted octanol–water partition coefficient (Wildman–Crippen LogP) is 2.90. The number of rotatable bonds is 6. The van der Waals surface area contributed by atoms with Gasteiger partial charge < -0.3 is 10.4 Å². The maximum absolute atomic E-state index is 12.4. The molecule has 2 aromatic carbocycles. The Morgan fingerprint density at radius 2 is 1.80 bits per heavy atom. The van der Waals surface area contributed by atoms with Crippen LogP contribution in [0.2, 0.25) is 10.0 Å². The first-order valence-corrected chi connectivity index (χ1v) is 9.46. The summed E-state index contributed by atoms with van der Waals surface area (Å²) >= 11 is 11.7. The van der Waals surface area contributed by atoms with Crippen LogP contribution in [0.4, 0.5) is 5.69 Å². The van der Waals surface area contributed by atoms with Crippen LogP contribution in [0.5, 0.6) is 0 Å². The van der Waals surface area contributed by atoms with Crippen molar-refractivity contribution in [3.63, 3.8) is 0 Å². The van der Waals surface area contributed by atoms with E-state index in [0.717, 1.165) is 0 Å². The number of anilines is 1. The van der Waals surface area contributed by atoms with Crippen molar-refractivity contribution in [2.24, 2.45) is 0 Å². The number of hydrogen-bond acceptors (Lipinski definition) is 4. The number of carbonyl (C=O) groups is 1. The van der Waals surface area contributed by atoms with E-state index in [4.69, 9.17) is 28.3 Å². The molecule has 0 heterocycles. The molecule has 2 rings (SSSR count). The average molecular weight is 403 g/mol. The van der Waals surface area contributed by atoms with Crippen molar-refractivity contribution >= 4 is 44.8 Å². The third kappa shape index (κ3) is 5.09. The van der Waals surface area contributed by atoms with Crippen LogP contribution in [0, 0.1) is 0 Å². The molecule has 9 heteroatoms. The van der Waals surface area contributed by atoms with Crippen molar-refractivity contribution in [2.75, 3.05) is 11.3 Å². The number of sulfonamides is 1. The maximum Gasteiger partial charge on any atom is 0.263 e. The summed E-state index contributed by atoms with van der Waals surface area (Å²) in [6, 6.07) is 9.61. The van der Waals surface area contributed by atoms with Crippen LogP contribution >= 0.6 is 23.2 Å². The molecule has 3 N–H and O–H groups in total. The molecule has 0 aliphatic rings. The monoisotopic (exact) mass is 402 g/mol. The van der Waals surface area contributed by atoms with E-state index < -0.39 is 10.0 Å². The minimum Gasteiger partial charge on any atom is -0.394 e. The molecular formula is C16H16Cl2N2O4S. The zero-order valence-electron chi connectivity index (χ0n) is 13.2. The SMILES string of the molecule is CC(CO)NC(=O)c1ccc(NS(=O)(=O)c2cc(Cl)ccc2Cl)cc1. The molecule has 6 nitrogen and oxygen atoms in total. The smallest absolute Gasteiger partial charge is 0.263 e. The van der Waals surface area contributed by atoms with Crippen molar-refractivity contribution in [2.45, 2.75) is 17.9 Å². The second kappa shape index (κ2) is 8.05. The van der Waals surface area contributed by atoms with Crippen LogP contribution in [0.15, 0.2) is 47.4 Å². The quantitative estimate of drug-likeness (QED) is 0.691. The fourth-order valence-electron chi connectivity index (χ4n) is 1.94. The molecular weight excluding hydrogens is 387 g/mol. The molecule has 0 aliphatic heterocycles. The summed E-state index contributed by atoms with van der Waals surface area (Å²) in [4.78, 5) is 11.8. The Morgan fingerprint density at radius 1 is 1.16 bits per heavy atom. The molecule has 0 aliphatic carbocycles. The third-order valence-corrected chi connectivity index (χ3v) is 5.33. The van der Waals surface area contributed by atoms with Gasteiger partial charge in [-0.2, -0.15) is 0 Å². The van der Waals surface area contributed by atoms with Gasteiger partial charge in [0.1, 0.15) is 4.90 Å². The fourth-order valence-corrected chi connectivity index (χ4v) is 3.76. The number of benzene rings is 2. The minimum absolute atomic E-state index is 0.0471. The molecule has 1 atom stereocenters. The van der Waals surface area contributed by atoms with E-state index in [2.05, 4.69) is 10.0 Å². The van der Waals surface area contributed by atoms with Gasteiger partial charge >= 0.3 is 0 Å². The summed E-state index contributed by atoms with van der Waals surface area (Å²) in [5, 5.41) is 11.8. The summed E-state index contributed by atoms with van der Waals surface area (Å²) in [7, 11) is -3.92. The van der Waals surface area contributed by atoms with Gasteiger partial charge in [0.05, 0.1) is 11.6 Å². The Kier molecular flexibility index (Phi) is 6.29. The van der Waals surface area contributed by atoms with Crippen LogP contribution in [0.1, 0.15) is 17.3 Å². The molecule has 0 spiro atoms. The molecule has 25 heavy (non-hydrogen) atoms. The first-order valence-electron chi connectivity index (χ1n) is 7.22. The number of carbonyl (C=O) groups excluding carboxylic acids is 1. The molecule has 1 unspecified atom stereocenters. The topological polar surface area (TPSA) is 95.5 Å². The van der Waals surface area contributed by atoms with Gasteiger partial charge in [0.25, 0.3) is 15.9 Å². The van der Waals surface area contributed by atoms with Crippen molar-refractivity contribution in [1.29, 1.82) is 0 Å². The number of aliphatic hydroxyl groups is 1. The Balaban J connectivity index is 2.18. The Hall–Kier alpha value is -1.80. The van der Waals surface area contributed by atoms with Crippen LogP contribution in [0.25, 0.3) is 0 Å². The summed E-state index contributed by atoms with van der Waals surface area (Å²) in [5.74, 6) is -0.367. The van der Waals surface area contributed by atoms with Gasteiger partial charge in [0.15, 0.2) is 0 Å². The van der Waals surface area contributed by atoms with E-state index in [9.17, 15) is 13.2 Å². The zero-order valence-corrected chi connectivity index (χ0v) is 15.5. The highest BCUT2D eigenvalue weighted by molar-refractivity contribution is 7.92. The molecule has 134 valence electrons. The lowest BCUT2D eigenvalue weighted by molar-refractivity contribution is 0.0922. The largest absolute Gasteiger partial charge is 0.394 e. The van der Waals surface area contributed by atoms with Crippen molar-refractivity contribution in [3.05, 3.63) is 58.1 Å². The third-order valence-electron chi connectivity index (χ3n) is 3.23. The lowest BCUT2D eigenvalue weighted by Gasteiger charge is -2.12. The van der Waals surface area contributed by atoms with Gasteiger partial charge in [0, 0.05) is 22.3 Å². The second-order valence-electron chi connectivity index (χ2n) is 5.31. The van der Waals surface area contributed by atoms with E-state index in [1.165, 1.54) is 42.5 Å². The number of hydrogen-bond donors (Lipinski definition) is 3. The van der Waals surface area contributed by atoms with Gasteiger partial charge in [-0.3, -0.25) is 9.52 Å². The number of aliphatic hydroxyl groups excluding tert-OH is 1. The van der Waals surface area contributed by atoms with Crippen molar-refractivity contribution in [1.82, 2.24) is 5.32 Å². The lowest BCUT2D eigenvalue weighted by atomic mass is 10.2. The Bertz CT molecular complexity index is 870. The Morgan fingerprint density at radius 3 is 2.40 bits per heavy atom. The highest BCUT2D eigenvalue weighted by Gasteiger charge is 2.19. The predicted molar refractivity (Wildman–Crippen MR) is 97.7 cm³/mol. The maximum atomic E-state index is 12.4. The van der Waals surface area contributed by atoms with E-state index in [1.54, 1.807) is 6.92 Å². The number of nitrogens with one attached hydrogen (secondary N) is 2. The van der Waals surface area contributed by atoms with Gasteiger partial charge in [-0.05, 0) is 49.4 Å². The van der Waals surface area contributed by atoms with Crippen molar-refractivity contribution < 1.29 is 18.3 Å². The van der Waals surface area contributed by atoms with Crippen LogP contribution in [-0.4, -0.2) is 32.1 Å². The fraction of sp³-hybridized carbons (Fsp3) is 0.188. The molecule has 0 saturated carbocycles. The highest BCUT2D eigenvalue weighted by Crippen LogP contribution is 2.26. The summed E-state index contributed by atoms with van der Waals surface area (Å²) in [6.07, 6.45) is 0. The molecule has 0 aromatic heterocycles. The minimum atomic E-state index is -3.92. The second-order valence-corrected chi connectivity index (χ2v) is 7.81. The standard InChI is InChI=1S/C16H16Cl2N2O4S/c1-10(9-21)19-16(22)11-2-5-13(6-3-11)20-25(23,24)15-8-12(17)4-7-14(15)18/h2-8,10,20-21H,9H2,1H3,(H,19,22). The van der Waals surface area contributed by atoms with Crippen LogP contribution in [-0.2, 0) is 10.0 Å². The Labute approximate surface area is 155 Å². The summed E-state index contributed by atoms with van der Waals surface area (Å²) in [6.45, 7) is 1.49. The van der Waals surface area contributed by atoms with Crippen molar-refractivity contribution in [3.8, 4) is 0 Å². The van der Waals surface area contributed by atoms with Gasteiger partial charge in [-0.25, -0.2) is 8.42 Å². The van der Waals surface area contributed by atoms with E-state index in [1.807, 2.05) is 0 Å². The molecule has 1 amide bonds. The molecule has 0 bridgehead atoms. The summed E-state index contributed by atoms with van der Waals surface area (Å²) < 4.78 is 27.2.